The number of ether oxygens (including phenoxy) is 1. The van der Waals surface area contributed by atoms with Gasteiger partial charge in [0.05, 0.1) is 0 Å². The third-order valence-electron chi connectivity index (χ3n) is 5.88. The first kappa shape index (κ1) is 23.9. The number of carbonyl (C=O) groups excluding carboxylic acids is 1. The van der Waals surface area contributed by atoms with E-state index in [4.69, 9.17) is 17.0 Å². The molecule has 4 rings (SSSR count). The van der Waals surface area contributed by atoms with Crippen LogP contribution in [0.4, 0.5) is 5.69 Å². The van der Waals surface area contributed by atoms with E-state index >= 15 is 0 Å². The van der Waals surface area contributed by atoms with E-state index in [-0.39, 0.29) is 22.5 Å². The molecule has 1 atom stereocenters. The minimum Gasteiger partial charge on any atom is -0.437 e. The predicted octanol–water partition coefficient (Wildman–Crippen LogP) is 5.92. The SMILES string of the molecule is CCN1Cc2cccc(Oc3ncccc3NC(=S)NC(=O)c3ccccc3)c2C1C(C)(C)C. The summed E-state index contributed by atoms with van der Waals surface area (Å²) in [7, 11) is 0. The maximum atomic E-state index is 12.4. The molecule has 0 spiro atoms. The van der Waals surface area contributed by atoms with Crippen LogP contribution in [0.15, 0.2) is 66.9 Å². The van der Waals surface area contributed by atoms with Crippen molar-refractivity contribution in [3.05, 3.63) is 83.6 Å². The van der Waals surface area contributed by atoms with E-state index in [0.717, 1.165) is 18.8 Å². The highest BCUT2D eigenvalue weighted by molar-refractivity contribution is 7.80. The Morgan fingerprint density at radius 2 is 1.88 bits per heavy atom. The minimum absolute atomic E-state index is 0.0369. The normalized spacial score (nSPS) is 15.5. The molecule has 2 heterocycles. The van der Waals surface area contributed by atoms with Gasteiger partial charge < -0.3 is 10.1 Å². The maximum Gasteiger partial charge on any atom is 0.257 e. The van der Waals surface area contributed by atoms with Crippen LogP contribution in [-0.2, 0) is 6.54 Å². The van der Waals surface area contributed by atoms with Crippen molar-refractivity contribution in [2.24, 2.45) is 5.41 Å². The number of benzene rings is 2. The van der Waals surface area contributed by atoms with E-state index in [1.165, 1.54) is 11.1 Å². The highest BCUT2D eigenvalue weighted by Gasteiger charge is 2.39. The molecular weight excluding hydrogens is 444 g/mol. The van der Waals surface area contributed by atoms with Crippen molar-refractivity contribution in [2.45, 2.75) is 40.3 Å². The lowest BCUT2D eigenvalue weighted by Gasteiger charge is -2.35. The van der Waals surface area contributed by atoms with E-state index < -0.39 is 0 Å². The fourth-order valence-corrected chi connectivity index (χ4v) is 4.69. The first-order valence-electron chi connectivity index (χ1n) is 11.4. The zero-order valence-electron chi connectivity index (χ0n) is 20.0. The lowest BCUT2D eigenvalue weighted by Crippen LogP contribution is -2.34. The van der Waals surface area contributed by atoms with E-state index in [9.17, 15) is 4.79 Å². The number of carbonyl (C=O) groups is 1. The Morgan fingerprint density at radius 3 is 2.59 bits per heavy atom. The number of pyridine rings is 1. The lowest BCUT2D eigenvalue weighted by molar-refractivity contribution is 0.0977. The van der Waals surface area contributed by atoms with Gasteiger partial charge in [0.2, 0.25) is 5.88 Å². The molecule has 0 bridgehead atoms. The molecule has 3 aromatic rings. The van der Waals surface area contributed by atoms with Gasteiger partial charge in [-0.15, -0.1) is 0 Å². The van der Waals surface area contributed by atoms with Crippen LogP contribution in [0.3, 0.4) is 0 Å². The van der Waals surface area contributed by atoms with Crippen LogP contribution in [0.25, 0.3) is 0 Å². The van der Waals surface area contributed by atoms with Crippen LogP contribution < -0.4 is 15.4 Å². The minimum atomic E-state index is -0.280. The average Bonchev–Trinajstić information content (AvgIpc) is 3.21. The van der Waals surface area contributed by atoms with Gasteiger partial charge >= 0.3 is 0 Å². The van der Waals surface area contributed by atoms with E-state index in [0.29, 0.717) is 17.1 Å². The third kappa shape index (κ3) is 5.11. The van der Waals surface area contributed by atoms with Crippen LogP contribution in [0.1, 0.15) is 55.2 Å². The Bertz CT molecular complexity index is 1190. The zero-order valence-corrected chi connectivity index (χ0v) is 20.8. The Morgan fingerprint density at radius 1 is 1.12 bits per heavy atom. The molecule has 6 nitrogen and oxygen atoms in total. The Kier molecular flexibility index (Phi) is 6.95. The summed E-state index contributed by atoms with van der Waals surface area (Å²) in [6.07, 6.45) is 1.68. The number of nitrogens with one attached hydrogen (secondary N) is 2. The second-order valence-corrected chi connectivity index (χ2v) is 9.80. The molecule has 1 amide bonds. The van der Waals surface area contributed by atoms with Gasteiger partial charge in [-0.25, -0.2) is 4.98 Å². The molecule has 0 radical (unpaired) electrons. The van der Waals surface area contributed by atoms with Crippen molar-refractivity contribution in [3.8, 4) is 11.6 Å². The highest BCUT2D eigenvalue weighted by atomic mass is 32.1. The Balaban J connectivity index is 1.57. The zero-order chi connectivity index (χ0) is 24.3. The van der Waals surface area contributed by atoms with Crippen LogP contribution in [-0.4, -0.2) is 27.4 Å². The number of amides is 1. The van der Waals surface area contributed by atoms with Gasteiger partial charge in [0.1, 0.15) is 11.4 Å². The molecule has 7 heteroatoms. The summed E-state index contributed by atoms with van der Waals surface area (Å²) in [6.45, 7) is 10.8. The number of hydrogen-bond donors (Lipinski definition) is 2. The van der Waals surface area contributed by atoms with E-state index in [2.05, 4.69) is 54.3 Å². The molecule has 1 aliphatic heterocycles. The fourth-order valence-electron chi connectivity index (χ4n) is 4.48. The number of nitrogens with zero attached hydrogens (tertiary/aromatic N) is 2. The smallest absolute Gasteiger partial charge is 0.257 e. The average molecular weight is 475 g/mol. The van der Waals surface area contributed by atoms with Crippen LogP contribution in [0.5, 0.6) is 11.6 Å². The van der Waals surface area contributed by atoms with E-state index in [1.807, 2.05) is 24.3 Å². The van der Waals surface area contributed by atoms with Crippen molar-refractivity contribution in [1.82, 2.24) is 15.2 Å². The van der Waals surface area contributed by atoms with Gasteiger partial charge in [0, 0.05) is 29.9 Å². The van der Waals surface area contributed by atoms with Crippen LogP contribution in [0.2, 0.25) is 0 Å². The third-order valence-corrected chi connectivity index (χ3v) is 6.09. The number of anilines is 1. The van der Waals surface area contributed by atoms with Crippen molar-refractivity contribution >= 4 is 28.9 Å². The number of thiocarbonyl (C=S) groups is 1. The molecule has 2 aromatic carbocycles. The molecule has 0 aliphatic carbocycles. The summed E-state index contributed by atoms with van der Waals surface area (Å²) in [5.41, 5.74) is 3.62. The fraction of sp³-hybridized carbons (Fsp3) is 0.296. The molecule has 0 fully saturated rings. The molecular formula is C27H30N4O2S. The summed E-state index contributed by atoms with van der Waals surface area (Å²) in [5.74, 6) is 0.905. The van der Waals surface area contributed by atoms with Gasteiger partial charge in [-0.3, -0.25) is 15.0 Å². The van der Waals surface area contributed by atoms with Gasteiger partial charge in [-0.2, -0.15) is 0 Å². The van der Waals surface area contributed by atoms with E-state index in [1.54, 1.807) is 36.5 Å². The summed E-state index contributed by atoms with van der Waals surface area (Å²) >= 11 is 5.38. The standard InChI is InChI=1S/C27H30N4O2S/c1-5-31-17-19-13-9-15-21(22(19)23(31)27(2,3)4)33-25-20(14-10-16-28-25)29-26(34)30-24(32)18-11-7-6-8-12-18/h6-16,23H,5,17H2,1-4H3,(H2,29,30,32,34). The van der Waals surface area contributed by atoms with Crippen LogP contribution >= 0.6 is 12.2 Å². The van der Waals surface area contributed by atoms with Crippen molar-refractivity contribution in [1.29, 1.82) is 0 Å². The molecule has 1 unspecified atom stereocenters. The number of aromatic nitrogens is 1. The largest absolute Gasteiger partial charge is 0.437 e. The first-order chi connectivity index (χ1) is 16.3. The van der Waals surface area contributed by atoms with Gasteiger partial charge in [-0.05, 0) is 60.1 Å². The van der Waals surface area contributed by atoms with Crippen molar-refractivity contribution < 1.29 is 9.53 Å². The second-order valence-electron chi connectivity index (χ2n) is 9.39. The topological polar surface area (TPSA) is 66.5 Å². The first-order valence-corrected chi connectivity index (χ1v) is 11.8. The molecule has 1 aromatic heterocycles. The molecule has 34 heavy (non-hydrogen) atoms. The molecule has 1 aliphatic rings. The predicted molar refractivity (Wildman–Crippen MR) is 139 cm³/mol. The van der Waals surface area contributed by atoms with Crippen LogP contribution in [0, 0.1) is 5.41 Å². The molecule has 0 saturated carbocycles. The number of rotatable bonds is 5. The lowest BCUT2D eigenvalue weighted by atomic mass is 9.82. The summed E-state index contributed by atoms with van der Waals surface area (Å²) in [6, 6.07) is 19.0. The van der Waals surface area contributed by atoms with Gasteiger partial charge in [0.15, 0.2) is 5.11 Å². The quantitative estimate of drug-likeness (QED) is 0.447. The molecule has 2 N–H and O–H groups in total. The Labute approximate surface area is 206 Å². The number of fused-ring (bicyclic) bond motifs is 1. The Hall–Kier alpha value is -3.29. The summed E-state index contributed by atoms with van der Waals surface area (Å²) < 4.78 is 6.39. The van der Waals surface area contributed by atoms with Crippen molar-refractivity contribution in [2.75, 3.05) is 11.9 Å². The van der Waals surface area contributed by atoms with Gasteiger partial charge in [0.25, 0.3) is 5.91 Å². The molecule has 0 saturated heterocycles. The summed E-state index contributed by atoms with van der Waals surface area (Å²) in [4.78, 5) is 19.4. The number of hydrogen-bond acceptors (Lipinski definition) is 5. The second kappa shape index (κ2) is 9.91. The van der Waals surface area contributed by atoms with Crippen molar-refractivity contribution in [3.63, 3.8) is 0 Å². The van der Waals surface area contributed by atoms with Gasteiger partial charge in [-0.1, -0.05) is 58.0 Å². The molecule has 176 valence electrons. The monoisotopic (exact) mass is 474 g/mol. The summed E-state index contributed by atoms with van der Waals surface area (Å²) in [5, 5.41) is 5.95. The highest BCUT2D eigenvalue weighted by Crippen LogP contribution is 2.49. The maximum absolute atomic E-state index is 12.4.